The Morgan fingerprint density at radius 2 is 1.48 bits per heavy atom. The molecule has 0 atom stereocenters. The average Bonchev–Trinajstić information content (AvgIpc) is 2.33. The van der Waals surface area contributed by atoms with Gasteiger partial charge < -0.3 is 0 Å². The molecule has 2 aromatic carbocycles. The molecule has 21 heavy (non-hydrogen) atoms. The predicted octanol–water partition coefficient (Wildman–Crippen LogP) is 1.24. The Morgan fingerprint density at radius 1 is 0.952 bits per heavy atom. The first-order chi connectivity index (χ1) is 9.53. The molecule has 0 fully saturated rings. The summed E-state index contributed by atoms with van der Waals surface area (Å²) in [5, 5.41) is 10.7. The monoisotopic (exact) mass is 333 g/mol. The lowest BCUT2D eigenvalue weighted by atomic mass is 10.1. The highest BCUT2D eigenvalue weighted by molar-refractivity contribution is 7.89. The van der Waals surface area contributed by atoms with Crippen molar-refractivity contribution in [3.63, 3.8) is 0 Å². The van der Waals surface area contributed by atoms with E-state index in [-0.39, 0.29) is 10.8 Å². The summed E-state index contributed by atoms with van der Waals surface area (Å²) in [5.74, 6) is 0. The van der Waals surface area contributed by atoms with E-state index in [2.05, 4.69) is 0 Å². The van der Waals surface area contributed by atoms with E-state index < -0.39 is 40.6 Å². The molecule has 0 radical (unpaired) electrons. The van der Waals surface area contributed by atoms with Crippen molar-refractivity contribution in [3.8, 4) is 0 Å². The van der Waals surface area contributed by atoms with Gasteiger partial charge in [0.25, 0.3) is 15.8 Å². The third-order valence-corrected chi connectivity index (χ3v) is 4.65. The summed E-state index contributed by atoms with van der Waals surface area (Å²) in [5.41, 5.74) is -1.15. The molecule has 0 bridgehead atoms. The van der Waals surface area contributed by atoms with Crippen molar-refractivity contribution in [1.82, 2.24) is 0 Å². The van der Waals surface area contributed by atoms with Crippen LogP contribution in [0.2, 0.25) is 0 Å². The molecular weight excluding hydrogens is 326 g/mol. The van der Waals surface area contributed by atoms with Gasteiger partial charge in [-0.1, -0.05) is 24.3 Å². The number of hydrogen-bond acceptors (Lipinski definition) is 6. The summed E-state index contributed by atoms with van der Waals surface area (Å²) < 4.78 is 63.9. The highest BCUT2D eigenvalue weighted by Crippen LogP contribution is 2.36. The van der Waals surface area contributed by atoms with Crippen LogP contribution in [0.5, 0.6) is 0 Å². The largest absolute Gasteiger partial charge is 0.302 e. The Balaban J connectivity index is 3.24. The quantitative estimate of drug-likeness (QED) is 0.483. The molecule has 0 aliphatic carbocycles. The normalized spacial score (nSPS) is 12.5. The molecule has 2 aromatic rings. The lowest BCUT2D eigenvalue weighted by Crippen LogP contribution is -2.12. The predicted molar refractivity (Wildman–Crippen MR) is 70.2 cm³/mol. The van der Waals surface area contributed by atoms with Gasteiger partial charge in [-0.2, -0.15) is 16.8 Å². The minimum Gasteiger partial charge on any atom is -0.282 e. The first kappa shape index (κ1) is 15.3. The summed E-state index contributed by atoms with van der Waals surface area (Å²) in [4.78, 5) is 7.09. The summed E-state index contributed by atoms with van der Waals surface area (Å²) in [6, 6.07) is 6.03. The molecule has 0 aromatic heterocycles. The maximum absolute atomic E-state index is 11.4. The smallest absolute Gasteiger partial charge is 0.282 e. The van der Waals surface area contributed by atoms with Gasteiger partial charge in [0.1, 0.15) is 4.90 Å². The zero-order valence-electron chi connectivity index (χ0n) is 9.99. The van der Waals surface area contributed by atoms with Gasteiger partial charge in [-0.05, 0) is 5.39 Å². The van der Waals surface area contributed by atoms with Crippen molar-refractivity contribution >= 4 is 36.7 Å². The lowest BCUT2D eigenvalue weighted by molar-refractivity contribution is -0.388. The molecule has 0 aliphatic rings. The number of benzene rings is 2. The van der Waals surface area contributed by atoms with Crippen molar-refractivity contribution in [2.75, 3.05) is 0 Å². The topological polar surface area (TPSA) is 152 Å². The van der Waals surface area contributed by atoms with Gasteiger partial charge in [0, 0.05) is 11.5 Å². The van der Waals surface area contributed by atoms with Gasteiger partial charge in [-0.25, -0.2) is 0 Å². The molecule has 0 unspecified atom stereocenters. The Hall–Kier alpha value is -2.08. The second-order valence-corrected chi connectivity index (χ2v) is 6.70. The highest BCUT2D eigenvalue weighted by Gasteiger charge is 2.35. The molecule has 0 amide bonds. The molecule has 0 heterocycles. The van der Waals surface area contributed by atoms with E-state index in [9.17, 15) is 31.5 Å². The van der Waals surface area contributed by atoms with Crippen molar-refractivity contribution < 1.29 is 30.9 Å². The van der Waals surface area contributed by atoms with E-state index in [0.29, 0.717) is 0 Å². The van der Waals surface area contributed by atoms with Crippen LogP contribution in [0.3, 0.4) is 0 Å². The van der Waals surface area contributed by atoms with Crippen LogP contribution in [-0.2, 0) is 20.2 Å². The fourth-order valence-electron chi connectivity index (χ4n) is 1.92. The van der Waals surface area contributed by atoms with Gasteiger partial charge >= 0.3 is 10.1 Å². The Morgan fingerprint density at radius 3 is 1.95 bits per heavy atom. The van der Waals surface area contributed by atoms with Crippen LogP contribution in [0, 0.1) is 10.1 Å². The van der Waals surface area contributed by atoms with E-state index in [4.69, 9.17) is 4.55 Å². The molecule has 2 rings (SSSR count). The van der Waals surface area contributed by atoms with Crippen molar-refractivity contribution in [2.24, 2.45) is 0 Å². The Labute approximate surface area is 118 Å². The van der Waals surface area contributed by atoms with Crippen molar-refractivity contribution in [2.45, 2.75) is 9.79 Å². The summed E-state index contributed by atoms with van der Waals surface area (Å²) >= 11 is 0. The molecule has 0 saturated heterocycles. The third kappa shape index (κ3) is 2.71. The second-order valence-electron chi connectivity index (χ2n) is 3.98. The zero-order chi connectivity index (χ0) is 16.0. The second kappa shape index (κ2) is 4.73. The van der Waals surface area contributed by atoms with E-state index in [1.54, 1.807) is 0 Å². The molecular formula is C10H7NO8S2. The Kier molecular flexibility index (Phi) is 3.45. The van der Waals surface area contributed by atoms with Crippen molar-refractivity contribution in [3.05, 3.63) is 40.4 Å². The number of nitro benzene ring substituents is 1. The SMILES string of the molecule is O=[N+]([O-])c1cc2ccccc2c(S(=O)(=O)O)c1S(=O)(=O)O. The average molecular weight is 333 g/mol. The molecule has 2 N–H and O–H groups in total. The van der Waals surface area contributed by atoms with Crippen LogP contribution < -0.4 is 0 Å². The maximum atomic E-state index is 11.4. The Bertz CT molecular complexity index is 962. The van der Waals surface area contributed by atoms with Crippen molar-refractivity contribution in [1.29, 1.82) is 0 Å². The van der Waals surface area contributed by atoms with Crippen LogP contribution >= 0.6 is 0 Å². The van der Waals surface area contributed by atoms with Crippen LogP contribution in [0.25, 0.3) is 10.8 Å². The minimum atomic E-state index is -5.26. The number of nitrogens with zero attached hydrogens (tertiary/aromatic N) is 1. The van der Waals surface area contributed by atoms with E-state index in [0.717, 1.165) is 12.1 Å². The maximum Gasteiger partial charge on any atom is 0.302 e. The first-order valence-electron chi connectivity index (χ1n) is 5.18. The number of rotatable bonds is 3. The lowest BCUT2D eigenvalue weighted by Gasteiger charge is -2.09. The molecule has 9 nitrogen and oxygen atoms in total. The van der Waals surface area contributed by atoms with Gasteiger partial charge in [0.05, 0.1) is 4.92 Å². The third-order valence-electron chi connectivity index (χ3n) is 2.65. The number of fused-ring (bicyclic) bond motifs is 1. The van der Waals surface area contributed by atoms with E-state index in [1.807, 2.05) is 0 Å². The molecule has 11 heteroatoms. The van der Waals surface area contributed by atoms with E-state index in [1.165, 1.54) is 18.2 Å². The standard InChI is InChI=1S/C10H7NO8S2/c12-11(13)8-5-6-3-1-2-4-7(6)9(20(14,15)16)10(8)21(17,18)19/h1-5H,(H,14,15,16)(H,17,18,19). The highest BCUT2D eigenvalue weighted by atomic mass is 32.2. The molecule has 0 aliphatic heterocycles. The van der Waals surface area contributed by atoms with Crippen LogP contribution in [0.15, 0.2) is 40.1 Å². The van der Waals surface area contributed by atoms with Crippen LogP contribution in [0.4, 0.5) is 5.69 Å². The van der Waals surface area contributed by atoms with Crippen LogP contribution in [-0.4, -0.2) is 30.9 Å². The summed E-state index contributed by atoms with van der Waals surface area (Å²) in [7, 11) is -10.4. The zero-order valence-corrected chi connectivity index (χ0v) is 11.6. The number of nitro groups is 1. The molecule has 0 spiro atoms. The van der Waals surface area contributed by atoms with Gasteiger partial charge in [-0.3, -0.25) is 19.2 Å². The summed E-state index contributed by atoms with van der Waals surface area (Å²) in [6.07, 6.45) is 0. The minimum absolute atomic E-state index is 0.0178. The molecule has 112 valence electrons. The first-order valence-corrected chi connectivity index (χ1v) is 8.06. The fourth-order valence-corrected chi connectivity index (χ4v) is 4.10. The van der Waals surface area contributed by atoms with Gasteiger partial charge in [0.2, 0.25) is 0 Å². The van der Waals surface area contributed by atoms with E-state index >= 15 is 0 Å². The van der Waals surface area contributed by atoms with Gasteiger partial charge in [-0.15, -0.1) is 0 Å². The molecule has 0 saturated carbocycles. The summed E-state index contributed by atoms with van der Waals surface area (Å²) in [6.45, 7) is 0. The van der Waals surface area contributed by atoms with Gasteiger partial charge in [0.15, 0.2) is 4.90 Å². The fraction of sp³-hybridized carbons (Fsp3) is 0. The van der Waals surface area contributed by atoms with Crippen LogP contribution in [0.1, 0.15) is 0 Å². The number of hydrogen-bond donors (Lipinski definition) is 2.